The van der Waals surface area contributed by atoms with Gasteiger partial charge in [-0.05, 0) is 49.6 Å². The quantitative estimate of drug-likeness (QED) is 0.684. The number of aromatic nitrogens is 2. The average Bonchev–Trinajstić information content (AvgIpc) is 2.84. The number of anilines is 1. The minimum Gasteiger partial charge on any atom is -0.383 e. The van der Waals surface area contributed by atoms with Gasteiger partial charge in [0, 0.05) is 14.5 Å². The maximum atomic E-state index is 6.24. The number of nitrogens with zero attached hydrogens (tertiary/aromatic N) is 2. The maximum absolute atomic E-state index is 6.24. The highest BCUT2D eigenvalue weighted by molar-refractivity contribution is 9.13. The van der Waals surface area contributed by atoms with E-state index >= 15 is 0 Å². The van der Waals surface area contributed by atoms with Gasteiger partial charge in [0.25, 0.3) is 0 Å². The van der Waals surface area contributed by atoms with Gasteiger partial charge in [-0.2, -0.15) is 0 Å². The molecular formula is C16H13Br2N3. The molecule has 106 valence electrons. The zero-order valence-electron chi connectivity index (χ0n) is 11.1. The van der Waals surface area contributed by atoms with Crippen LogP contribution in [0.1, 0.15) is 5.56 Å². The Morgan fingerprint density at radius 2 is 1.76 bits per heavy atom. The highest BCUT2D eigenvalue weighted by atomic mass is 79.9. The fourth-order valence-electron chi connectivity index (χ4n) is 2.16. The number of halogens is 2. The molecule has 2 N–H and O–H groups in total. The molecule has 1 heterocycles. The van der Waals surface area contributed by atoms with Crippen LogP contribution in [0.5, 0.6) is 0 Å². The first-order valence-corrected chi connectivity index (χ1v) is 8.03. The van der Waals surface area contributed by atoms with E-state index in [2.05, 4.69) is 49.0 Å². The zero-order chi connectivity index (χ0) is 14.8. The van der Waals surface area contributed by atoms with Gasteiger partial charge in [-0.25, -0.2) is 4.98 Å². The monoisotopic (exact) mass is 405 g/mol. The Morgan fingerprint density at radius 1 is 1.00 bits per heavy atom. The smallest absolute Gasteiger partial charge is 0.131 e. The summed E-state index contributed by atoms with van der Waals surface area (Å²) >= 11 is 6.97. The molecule has 0 aliphatic rings. The Kier molecular flexibility index (Phi) is 4.12. The van der Waals surface area contributed by atoms with Crippen molar-refractivity contribution < 1.29 is 0 Å². The molecule has 0 radical (unpaired) electrons. The second-order valence-corrected chi connectivity index (χ2v) is 6.43. The Bertz CT molecular complexity index is 766. The first kappa shape index (κ1) is 14.4. The SMILES string of the molecule is Nc1c(-c2ccc(Br)c(Br)c2)ncn1Cc1ccccc1. The molecule has 0 amide bonds. The molecule has 0 bridgehead atoms. The standard InChI is InChI=1S/C16H13Br2N3/c17-13-7-6-12(8-14(13)18)15-16(19)21(10-20-15)9-11-4-2-1-3-5-11/h1-8,10H,9,19H2. The summed E-state index contributed by atoms with van der Waals surface area (Å²) in [4.78, 5) is 4.45. The van der Waals surface area contributed by atoms with E-state index in [9.17, 15) is 0 Å². The minimum absolute atomic E-state index is 0.674. The summed E-state index contributed by atoms with van der Waals surface area (Å²) in [6.07, 6.45) is 1.79. The summed E-state index contributed by atoms with van der Waals surface area (Å²) in [7, 11) is 0. The minimum atomic E-state index is 0.674. The fraction of sp³-hybridized carbons (Fsp3) is 0.0625. The second-order valence-electron chi connectivity index (χ2n) is 4.72. The Balaban J connectivity index is 1.93. The normalized spacial score (nSPS) is 10.8. The van der Waals surface area contributed by atoms with Crippen LogP contribution < -0.4 is 5.73 Å². The molecule has 0 saturated carbocycles. The van der Waals surface area contributed by atoms with Crippen LogP contribution >= 0.6 is 31.9 Å². The van der Waals surface area contributed by atoms with Gasteiger partial charge in [-0.3, -0.25) is 0 Å². The van der Waals surface area contributed by atoms with Crippen LogP contribution in [0.15, 0.2) is 63.8 Å². The first-order chi connectivity index (χ1) is 10.1. The molecule has 0 fully saturated rings. The molecule has 3 nitrogen and oxygen atoms in total. The molecule has 0 aliphatic carbocycles. The van der Waals surface area contributed by atoms with Gasteiger partial charge in [-0.15, -0.1) is 0 Å². The van der Waals surface area contributed by atoms with Gasteiger partial charge in [0.15, 0.2) is 0 Å². The van der Waals surface area contributed by atoms with E-state index in [1.54, 1.807) is 6.33 Å². The van der Waals surface area contributed by atoms with Crippen molar-refractivity contribution >= 4 is 37.7 Å². The third-order valence-electron chi connectivity index (χ3n) is 3.27. The Labute approximate surface area is 140 Å². The van der Waals surface area contributed by atoms with E-state index in [0.717, 1.165) is 26.7 Å². The maximum Gasteiger partial charge on any atom is 0.131 e. The molecule has 0 saturated heterocycles. The van der Waals surface area contributed by atoms with Gasteiger partial charge in [0.05, 0.1) is 12.9 Å². The summed E-state index contributed by atoms with van der Waals surface area (Å²) in [6, 6.07) is 16.2. The second kappa shape index (κ2) is 6.03. The predicted octanol–water partition coefficient (Wildman–Crippen LogP) is 4.71. The van der Waals surface area contributed by atoms with Gasteiger partial charge in [-0.1, -0.05) is 36.4 Å². The van der Waals surface area contributed by atoms with Crippen molar-refractivity contribution in [2.45, 2.75) is 6.54 Å². The van der Waals surface area contributed by atoms with E-state index in [-0.39, 0.29) is 0 Å². The van der Waals surface area contributed by atoms with Crippen molar-refractivity contribution in [3.05, 3.63) is 69.4 Å². The van der Waals surface area contributed by atoms with Crippen molar-refractivity contribution in [2.75, 3.05) is 5.73 Å². The molecule has 0 spiro atoms. The molecule has 1 aromatic heterocycles. The third-order valence-corrected chi connectivity index (χ3v) is 5.15. The lowest BCUT2D eigenvalue weighted by molar-refractivity contribution is 0.808. The first-order valence-electron chi connectivity index (χ1n) is 6.45. The van der Waals surface area contributed by atoms with Crippen LogP contribution in [0.3, 0.4) is 0 Å². The zero-order valence-corrected chi connectivity index (χ0v) is 14.3. The number of hydrogen-bond acceptors (Lipinski definition) is 2. The molecule has 3 rings (SSSR count). The number of rotatable bonds is 3. The van der Waals surface area contributed by atoms with Crippen LogP contribution in [-0.4, -0.2) is 9.55 Å². The summed E-state index contributed by atoms with van der Waals surface area (Å²) < 4.78 is 3.95. The number of benzene rings is 2. The van der Waals surface area contributed by atoms with Crippen LogP contribution in [0, 0.1) is 0 Å². The summed E-state index contributed by atoms with van der Waals surface area (Å²) in [5.41, 5.74) is 9.24. The van der Waals surface area contributed by atoms with Crippen LogP contribution in [-0.2, 0) is 6.54 Å². The van der Waals surface area contributed by atoms with E-state index in [1.165, 1.54) is 5.56 Å². The average molecular weight is 407 g/mol. The summed E-state index contributed by atoms with van der Waals surface area (Å²) in [5.74, 6) is 0.674. The summed E-state index contributed by atoms with van der Waals surface area (Å²) in [5, 5.41) is 0. The highest BCUT2D eigenvalue weighted by Gasteiger charge is 2.11. The molecule has 5 heteroatoms. The van der Waals surface area contributed by atoms with Crippen molar-refractivity contribution in [3.63, 3.8) is 0 Å². The van der Waals surface area contributed by atoms with Gasteiger partial charge in [0.2, 0.25) is 0 Å². The molecule has 3 aromatic rings. The van der Waals surface area contributed by atoms with Crippen molar-refractivity contribution in [1.82, 2.24) is 9.55 Å². The largest absolute Gasteiger partial charge is 0.383 e. The molecule has 0 atom stereocenters. The Morgan fingerprint density at radius 3 is 2.48 bits per heavy atom. The Hall–Kier alpha value is -1.59. The van der Waals surface area contributed by atoms with E-state index in [1.807, 2.05) is 41.0 Å². The van der Waals surface area contributed by atoms with Gasteiger partial charge < -0.3 is 10.3 Å². The number of nitrogen functional groups attached to an aromatic ring is 1. The lowest BCUT2D eigenvalue weighted by Crippen LogP contribution is -2.03. The van der Waals surface area contributed by atoms with E-state index in [4.69, 9.17) is 5.73 Å². The molecule has 21 heavy (non-hydrogen) atoms. The van der Waals surface area contributed by atoms with E-state index in [0.29, 0.717) is 5.82 Å². The van der Waals surface area contributed by atoms with Gasteiger partial charge >= 0.3 is 0 Å². The van der Waals surface area contributed by atoms with Crippen molar-refractivity contribution in [2.24, 2.45) is 0 Å². The molecule has 0 aliphatic heterocycles. The van der Waals surface area contributed by atoms with Crippen molar-refractivity contribution in [3.8, 4) is 11.3 Å². The highest BCUT2D eigenvalue weighted by Crippen LogP contribution is 2.31. The third kappa shape index (κ3) is 3.04. The van der Waals surface area contributed by atoms with Crippen molar-refractivity contribution in [1.29, 1.82) is 0 Å². The van der Waals surface area contributed by atoms with Crippen LogP contribution in [0.25, 0.3) is 11.3 Å². The number of imidazole rings is 1. The van der Waals surface area contributed by atoms with Crippen LogP contribution in [0.2, 0.25) is 0 Å². The lowest BCUT2D eigenvalue weighted by atomic mass is 10.1. The molecule has 0 unspecified atom stereocenters. The number of hydrogen-bond donors (Lipinski definition) is 1. The van der Waals surface area contributed by atoms with E-state index < -0.39 is 0 Å². The molecular weight excluding hydrogens is 394 g/mol. The number of nitrogens with two attached hydrogens (primary N) is 1. The fourth-order valence-corrected chi connectivity index (χ4v) is 2.79. The topological polar surface area (TPSA) is 43.8 Å². The van der Waals surface area contributed by atoms with Crippen LogP contribution in [0.4, 0.5) is 5.82 Å². The predicted molar refractivity (Wildman–Crippen MR) is 93.0 cm³/mol. The summed E-state index contributed by atoms with van der Waals surface area (Å²) in [6.45, 7) is 0.720. The lowest BCUT2D eigenvalue weighted by Gasteiger charge is -2.06. The molecule has 2 aromatic carbocycles. The van der Waals surface area contributed by atoms with Gasteiger partial charge in [0.1, 0.15) is 11.5 Å².